The Kier molecular flexibility index (Phi) is 7.41. The fourth-order valence-electron chi connectivity index (χ4n) is 3.64. The molecule has 0 bridgehead atoms. The van der Waals surface area contributed by atoms with Gasteiger partial charge in [0, 0.05) is 13.1 Å². The van der Waals surface area contributed by atoms with Crippen LogP contribution in [0.2, 0.25) is 0 Å². The molecule has 1 aromatic carbocycles. The van der Waals surface area contributed by atoms with E-state index in [0.717, 1.165) is 19.3 Å². The first-order valence-electron chi connectivity index (χ1n) is 10.1. The Morgan fingerprint density at radius 3 is 2.60 bits per heavy atom. The molecule has 0 saturated heterocycles. The van der Waals surface area contributed by atoms with Gasteiger partial charge in [0.05, 0.1) is 24.2 Å². The van der Waals surface area contributed by atoms with Gasteiger partial charge in [-0.15, -0.1) is 10.2 Å². The van der Waals surface area contributed by atoms with Crippen LogP contribution in [0.1, 0.15) is 38.4 Å². The molecule has 1 fully saturated rings. The van der Waals surface area contributed by atoms with Crippen LogP contribution in [0.25, 0.3) is 0 Å². The molecule has 30 heavy (non-hydrogen) atoms. The Labute approximate surface area is 182 Å². The second-order valence-corrected chi connectivity index (χ2v) is 10.6. The van der Waals surface area contributed by atoms with E-state index in [1.165, 1.54) is 28.7 Å². The molecule has 1 aliphatic rings. The van der Waals surface area contributed by atoms with E-state index in [2.05, 4.69) is 22.4 Å². The molecule has 2 atom stereocenters. The molecule has 1 heterocycles. The molecule has 8 nitrogen and oxygen atoms in total. The number of para-hydroxylation sites is 1. The summed E-state index contributed by atoms with van der Waals surface area (Å²) in [5.74, 6) is 1.26. The van der Waals surface area contributed by atoms with Gasteiger partial charge in [-0.05, 0) is 30.9 Å². The largest absolute Gasteiger partial charge is 0.352 e. The fourth-order valence-corrected chi connectivity index (χ4v) is 5.24. The molecule has 164 valence electrons. The van der Waals surface area contributed by atoms with Crippen molar-refractivity contribution in [1.29, 1.82) is 0 Å². The Hall–Kier alpha value is -2.07. The zero-order valence-electron chi connectivity index (χ0n) is 17.6. The average Bonchev–Trinajstić information content (AvgIpc) is 3.05. The van der Waals surface area contributed by atoms with Crippen molar-refractivity contribution in [3.05, 3.63) is 36.2 Å². The van der Waals surface area contributed by atoms with Crippen molar-refractivity contribution in [2.45, 2.75) is 50.4 Å². The Bertz CT molecular complexity index is 962. The predicted octanol–water partition coefficient (Wildman–Crippen LogP) is 2.57. The van der Waals surface area contributed by atoms with Crippen LogP contribution in [0.4, 0.5) is 5.69 Å². The first-order valence-corrected chi connectivity index (χ1v) is 12.9. The Balaban J connectivity index is 1.63. The number of amides is 1. The molecular formula is C20H29N5O3S2. The number of sulfonamides is 1. The summed E-state index contributed by atoms with van der Waals surface area (Å²) in [6.07, 6.45) is 5.75. The standard InChI is InChI=1S/C20H29N5O3S2/c1-15-9-7-8-12-17(15)21-19(26)14-29-20-23-22-18(24(20)2)13-25(30(3,27)28)16-10-5-4-6-11-16/h4-6,10-11,15,17H,7-9,12-14H2,1-3H3,(H,21,26)/t15-,17+/m1/s1. The molecule has 1 N–H and O–H groups in total. The summed E-state index contributed by atoms with van der Waals surface area (Å²) in [6.45, 7) is 2.26. The third kappa shape index (κ3) is 5.75. The van der Waals surface area contributed by atoms with Crippen molar-refractivity contribution >= 4 is 33.4 Å². The minimum Gasteiger partial charge on any atom is -0.352 e. The third-order valence-corrected chi connectivity index (χ3v) is 7.61. The van der Waals surface area contributed by atoms with Gasteiger partial charge in [0.25, 0.3) is 0 Å². The highest BCUT2D eigenvalue weighted by atomic mass is 32.2. The van der Waals surface area contributed by atoms with Gasteiger partial charge in [-0.3, -0.25) is 9.10 Å². The van der Waals surface area contributed by atoms with Crippen LogP contribution >= 0.6 is 11.8 Å². The van der Waals surface area contributed by atoms with E-state index in [1.807, 2.05) is 6.07 Å². The van der Waals surface area contributed by atoms with Gasteiger partial charge in [0.1, 0.15) is 0 Å². The number of aromatic nitrogens is 3. The van der Waals surface area contributed by atoms with Crippen LogP contribution in [-0.2, 0) is 28.4 Å². The third-order valence-electron chi connectivity index (χ3n) is 5.44. The molecule has 1 saturated carbocycles. The van der Waals surface area contributed by atoms with Gasteiger partial charge in [0.15, 0.2) is 11.0 Å². The van der Waals surface area contributed by atoms with Crippen LogP contribution < -0.4 is 9.62 Å². The van der Waals surface area contributed by atoms with E-state index < -0.39 is 10.0 Å². The van der Waals surface area contributed by atoms with Gasteiger partial charge in [-0.1, -0.05) is 49.7 Å². The van der Waals surface area contributed by atoms with Crippen molar-refractivity contribution in [3.8, 4) is 0 Å². The lowest BCUT2D eigenvalue weighted by atomic mass is 9.86. The number of anilines is 1. The number of carbonyl (C=O) groups is 1. The first-order chi connectivity index (χ1) is 14.3. The lowest BCUT2D eigenvalue weighted by Crippen LogP contribution is -2.41. The smallest absolute Gasteiger partial charge is 0.232 e. The number of carbonyl (C=O) groups excluding carboxylic acids is 1. The zero-order valence-corrected chi connectivity index (χ0v) is 19.2. The SMILES string of the molecule is C[C@@H]1CCCC[C@@H]1NC(=O)CSc1nnc(CN(c2ccccc2)S(C)(=O)=O)n1C. The summed E-state index contributed by atoms with van der Waals surface area (Å²) in [4.78, 5) is 12.4. The lowest BCUT2D eigenvalue weighted by molar-refractivity contribution is -0.119. The highest BCUT2D eigenvalue weighted by molar-refractivity contribution is 7.99. The first kappa shape index (κ1) is 22.6. The highest BCUT2D eigenvalue weighted by Crippen LogP contribution is 2.25. The zero-order chi connectivity index (χ0) is 21.7. The van der Waals surface area contributed by atoms with Crippen LogP contribution in [0.5, 0.6) is 0 Å². The van der Waals surface area contributed by atoms with E-state index in [-0.39, 0.29) is 24.2 Å². The lowest BCUT2D eigenvalue weighted by Gasteiger charge is -2.29. The minimum atomic E-state index is -3.49. The molecule has 10 heteroatoms. The molecule has 1 aliphatic carbocycles. The molecule has 0 radical (unpaired) electrons. The van der Waals surface area contributed by atoms with E-state index in [4.69, 9.17) is 0 Å². The van der Waals surface area contributed by atoms with Crippen LogP contribution in [0.3, 0.4) is 0 Å². The average molecular weight is 452 g/mol. The molecule has 1 amide bonds. The maximum Gasteiger partial charge on any atom is 0.232 e. The predicted molar refractivity (Wildman–Crippen MR) is 119 cm³/mol. The molecule has 0 spiro atoms. The summed E-state index contributed by atoms with van der Waals surface area (Å²) < 4.78 is 27.6. The number of rotatable bonds is 8. The molecular weight excluding hydrogens is 422 g/mol. The quantitative estimate of drug-likeness (QED) is 0.620. The van der Waals surface area contributed by atoms with Crippen molar-refractivity contribution in [2.24, 2.45) is 13.0 Å². The van der Waals surface area contributed by atoms with Gasteiger partial charge >= 0.3 is 0 Å². The van der Waals surface area contributed by atoms with Crippen LogP contribution in [0.15, 0.2) is 35.5 Å². The van der Waals surface area contributed by atoms with Crippen LogP contribution in [-0.4, -0.2) is 47.1 Å². The van der Waals surface area contributed by atoms with E-state index >= 15 is 0 Å². The van der Waals surface area contributed by atoms with Crippen molar-refractivity contribution in [2.75, 3.05) is 16.3 Å². The van der Waals surface area contributed by atoms with Crippen LogP contribution in [0, 0.1) is 5.92 Å². The van der Waals surface area contributed by atoms with E-state index in [0.29, 0.717) is 22.6 Å². The number of nitrogens with zero attached hydrogens (tertiary/aromatic N) is 4. The second kappa shape index (κ2) is 9.82. The summed E-state index contributed by atoms with van der Waals surface area (Å²) in [6, 6.07) is 9.14. The minimum absolute atomic E-state index is 0.00894. The van der Waals surface area contributed by atoms with E-state index in [1.54, 1.807) is 35.9 Å². The summed E-state index contributed by atoms with van der Waals surface area (Å²) >= 11 is 1.31. The maximum absolute atomic E-state index is 12.4. The molecule has 2 aromatic rings. The maximum atomic E-state index is 12.4. The van der Waals surface area contributed by atoms with Gasteiger partial charge in [-0.2, -0.15) is 0 Å². The van der Waals surface area contributed by atoms with Crippen molar-refractivity contribution < 1.29 is 13.2 Å². The fraction of sp³-hybridized carbons (Fsp3) is 0.550. The number of hydrogen-bond donors (Lipinski definition) is 1. The number of hydrogen-bond acceptors (Lipinski definition) is 6. The highest BCUT2D eigenvalue weighted by Gasteiger charge is 2.24. The Morgan fingerprint density at radius 1 is 1.23 bits per heavy atom. The van der Waals surface area contributed by atoms with Gasteiger partial charge in [-0.25, -0.2) is 8.42 Å². The number of thioether (sulfide) groups is 1. The monoisotopic (exact) mass is 451 g/mol. The summed E-state index contributed by atoms with van der Waals surface area (Å²) in [5.41, 5.74) is 0.568. The normalized spacial score (nSPS) is 19.4. The topological polar surface area (TPSA) is 97.2 Å². The van der Waals surface area contributed by atoms with Gasteiger partial charge < -0.3 is 9.88 Å². The van der Waals surface area contributed by atoms with E-state index in [9.17, 15) is 13.2 Å². The molecule has 1 aromatic heterocycles. The van der Waals surface area contributed by atoms with Crippen molar-refractivity contribution in [1.82, 2.24) is 20.1 Å². The van der Waals surface area contributed by atoms with Gasteiger partial charge in [0.2, 0.25) is 15.9 Å². The number of benzene rings is 1. The number of nitrogens with one attached hydrogen (secondary N) is 1. The van der Waals surface area contributed by atoms with Crippen molar-refractivity contribution in [3.63, 3.8) is 0 Å². The summed E-state index contributed by atoms with van der Waals surface area (Å²) in [5, 5.41) is 12.0. The second-order valence-electron chi connectivity index (χ2n) is 7.79. The Morgan fingerprint density at radius 2 is 1.93 bits per heavy atom. The molecule has 0 unspecified atom stereocenters. The molecule has 3 rings (SSSR count). The summed E-state index contributed by atoms with van der Waals surface area (Å²) in [7, 11) is -1.71. The molecule has 0 aliphatic heterocycles.